The van der Waals surface area contributed by atoms with E-state index in [1.807, 2.05) is 0 Å². The van der Waals surface area contributed by atoms with Gasteiger partial charge in [-0.3, -0.25) is 9.55 Å². The summed E-state index contributed by atoms with van der Waals surface area (Å²) in [4.78, 5) is 3.91. The molecule has 3 atom stereocenters. The molecule has 23 heavy (non-hydrogen) atoms. The molecule has 6 nitrogen and oxygen atoms in total. The lowest BCUT2D eigenvalue weighted by atomic mass is 9.71. The molecule has 8 heteroatoms. The monoisotopic (exact) mass is 364 g/mol. The van der Waals surface area contributed by atoms with E-state index in [2.05, 4.69) is 25.8 Å². The van der Waals surface area contributed by atoms with E-state index in [-0.39, 0.29) is 5.88 Å². The Labute approximate surface area is 142 Å². The van der Waals surface area contributed by atoms with E-state index in [0.29, 0.717) is 52.5 Å². The highest BCUT2D eigenvalue weighted by Crippen LogP contribution is 2.66. The summed E-state index contributed by atoms with van der Waals surface area (Å²) in [6.07, 6.45) is 5.38. The lowest BCUT2D eigenvalue weighted by Gasteiger charge is -2.33. The quantitative estimate of drug-likeness (QED) is 0.226. The van der Waals surface area contributed by atoms with Crippen molar-refractivity contribution in [2.45, 2.75) is 59.0 Å². The maximum absolute atomic E-state index is 10.5. The molecule has 0 aliphatic heterocycles. The maximum atomic E-state index is 10.5. The number of aliphatic imine (C=N–C) groups is 1. The standard InChI is InChI=1S/C15H28N2O4S2/c1-14(2)11-6-7-15(14,3)9-12(11)21-8-4-5-13(16)17-10-22-23(18,19)20/h11-12H,4-10H2,1-3H3,(H2,16,17)(H,18,19,20). The normalized spacial score (nSPS) is 33.3. The number of amidine groups is 1. The predicted molar refractivity (Wildman–Crippen MR) is 93.8 cm³/mol. The topological polar surface area (TPSA) is 102 Å². The van der Waals surface area contributed by atoms with Gasteiger partial charge in [-0.05, 0) is 42.4 Å². The van der Waals surface area contributed by atoms with E-state index < -0.39 is 9.15 Å². The Hall–Kier alpha value is -0.310. The largest absolute Gasteiger partial charge is 0.387 e. The number of hydrogen-bond acceptors (Lipinski definition) is 5. The summed E-state index contributed by atoms with van der Waals surface area (Å²) in [5.41, 5.74) is 6.48. The van der Waals surface area contributed by atoms with Gasteiger partial charge in [0, 0.05) is 23.8 Å². The third kappa shape index (κ3) is 4.41. The number of nitrogens with two attached hydrogens (primary N) is 1. The zero-order valence-electron chi connectivity index (χ0n) is 14.1. The first-order chi connectivity index (χ1) is 10.6. The van der Waals surface area contributed by atoms with Gasteiger partial charge in [-0.15, -0.1) is 0 Å². The summed E-state index contributed by atoms with van der Waals surface area (Å²) in [6.45, 7) is 7.76. The molecule has 2 saturated carbocycles. The molecule has 0 saturated heterocycles. The molecule has 2 bridgehead atoms. The van der Waals surface area contributed by atoms with E-state index in [4.69, 9.17) is 15.0 Å². The van der Waals surface area contributed by atoms with Gasteiger partial charge in [0.25, 0.3) is 0 Å². The molecule has 2 aliphatic carbocycles. The van der Waals surface area contributed by atoms with Gasteiger partial charge in [-0.25, -0.2) is 0 Å². The molecule has 2 fully saturated rings. The fraction of sp³-hybridized carbons (Fsp3) is 0.933. The minimum Gasteiger partial charge on any atom is -0.387 e. The maximum Gasteiger partial charge on any atom is 0.321 e. The van der Waals surface area contributed by atoms with Crippen molar-refractivity contribution in [3.8, 4) is 0 Å². The highest BCUT2D eigenvalue weighted by atomic mass is 33.1. The first-order valence-corrected chi connectivity index (χ1v) is 11.0. The van der Waals surface area contributed by atoms with Crippen LogP contribution in [0.5, 0.6) is 0 Å². The average Bonchev–Trinajstić information content (AvgIpc) is 2.74. The summed E-state index contributed by atoms with van der Waals surface area (Å²) < 4.78 is 35.8. The van der Waals surface area contributed by atoms with Crippen LogP contribution in [0.25, 0.3) is 0 Å². The summed E-state index contributed by atoms with van der Waals surface area (Å²) in [7, 11) is -3.69. The summed E-state index contributed by atoms with van der Waals surface area (Å²) >= 11 is 0. The molecule has 0 aromatic rings. The molecular formula is C15H28N2O4S2. The molecule has 3 N–H and O–H groups in total. The molecule has 2 aliphatic rings. The highest BCUT2D eigenvalue weighted by Gasteiger charge is 2.60. The second kappa shape index (κ2) is 6.90. The number of fused-ring (bicyclic) bond motifs is 2. The van der Waals surface area contributed by atoms with Crippen LogP contribution >= 0.6 is 10.8 Å². The molecule has 0 amide bonds. The third-order valence-corrected chi connectivity index (χ3v) is 7.71. The second-order valence-corrected chi connectivity index (χ2v) is 10.8. The van der Waals surface area contributed by atoms with Gasteiger partial charge in [0.05, 0.1) is 11.9 Å². The fourth-order valence-corrected chi connectivity index (χ4v) is 5.03. The van der Waals surface area contributed by atoms with Gasteiger partial charge in [-0.1, -0.05) is 20.8 Å². The van der Waals surface area contributed by atoms with Crippen molar-refractivity contribution < 1.29 is 17.7 Å². The van der Waals surface area contributed by atoms with Crippen LogP contribution in [0, 0.1) is 16.7 Å². The minimum absolute atomic E-state index is 0.0806. The Kier molecular flexibility index (Phi) is 5.70. The molecule has 0 heterocycles. The highest BCUT2D eigenvalue weighted by molar-refractivity contribution is 8.69. The molecule has 0 spiro atoms. The Balaban J connectivity index is 1.68. The van der Waals surface area contributed by atoms with Gasteiger partial charge < -0.3 is 10.5 Å². The van der Waals surface area contributed by atoms with Gasteiger partial charge >= 0.3 is 9.15 Å². The Morgan fingerprint density at radius 3 is 2.65 bits per heavy atom. The molecule has 0 aromatic heterocycles. The SMILES string of the molecule is CC12CCC(C(OCCC/C(N)=N/CSS(=O)(=O)O)C1)C2(C)C. The lowest BCUT2D eigenvalue weighted by Crippen LogP contribution is -2.27. The molecule has 134 valence electrons. The molecule has 0 aromatic carbocycles. The summed E-state index contributed by atoms with van der Waals surface area (Å²) in [5, 5.41) is 0. The van der Waals surface area contributed by atoms with Crippen molar-refractivity contribution >= 4 is 25.8 Å². The van der Waals surface area contributed by atoms with Crippen LogP contribution in [0.3, 0.4) is 0 Å². The van der Waals surface area contributed by atoms with Crippen LogP contribution in [0.1, 0.15) is 52.9 Å². The minimum atomic E-state index is -4.05. The zero-order valence-corrected chi connectivity index (χ0v) is 15.8. The predicted octanol–water partition coefficient (Wildman–Crippen LogP) is 2.85. The number of nitrogens with zero attached hydrogens (tertiary/aromatic N) is 1. The lowest BCUT2D eigenvalue weighted by molar-refractivity contribution is 0.00460. The first kappa shape index (κ1) is 19.0. The molecule has 2 rings (SSSR count). The van der Waals surface area contributed by atoms with E-state index >= 15 is 0 Å². The van der Waals surface area contributed by atoms with Crippen molar-refractivity contribution in [3.63, 3.8) is 0 Å². The van der Waals surface area contributed by atoms with Gasteiger partial charge in [0.1, 0.15) is 5.88 Å². The summed E-state index contributed by atoms with van der Waals surface area (Å²) in [6, 6.07) is 0. The van der Waals surface area contributed by atoms with Crippen molar-refractivity contribution in [2.75, 3.05) is 12.5 Å². The van der Waals surface area contributed by atoms with Crippen LogP contribution < -0.4 is 5.73 Å². The molecule has 3 unspecified atom stereocenters. The van der Waals surface area contributed by atoms with E-state index in [1.54, 1.807) is 0 Å². The van der Waals surface area contributed by atoms with E-state index in [9.17, 15) is 8.42 Å². The number of hydrogen-bond donors (Lipinski definition) is 2. The van der Waals surface area contributed by atoms with Crippen LogP contribution in [0.2, 0.25) is 0 Å². The number of rotatable bonds is 8. The molecule has 0 radical (unpaired) electrons. The fourth-order valence-electron chi connectivity index (χ4n) is 4.12. The third-order valence-electron chi connectivity index (χ3n) is 5.97. The average molecular weight is 365 g/mol. The van der Waals surface area contributed by atoms with Gasteiger partial charge in [0.2, 0.25) is 0 Å². The van der Waals surface area contributed by atoms with Crippen LogP contribution in [0.15, 0.2) is 4.99 Å². The van der Waals surface area contributed by atoms with Crippen LogP contribution in [0.4, 0.5) is 0 Å². The van der Waals surface area contributed by atoms with Crippen molar-refractivity contribution in [1.29, 1.82) is 0 Å². The zero-order chi connectivity index (χ0) is 17.3. The van der Waals surface area contributed by atoms with E-state index in [0.717, 1.165) is 12.8 Å². The van der Waals surface area contributed by atoms with Crippen LogP contribution in [-0.2, 0) is 13.9 Å². The van der Waals surface area contributed by atoms with Gasteiger partial charge in [-0.2, -0.15) is 8.42 Å². The van der Waals surface area contributed by atoms with Crippen molar-refractivity contribution in [3.05, 3.63) is 0 Å². The Bertz CT molecular complexity index is 559. The van der Waals surface area contributed by atoms with Gasteiger partial charge in [0.15, 0.2) is 0 Å². The van der Waals surface area contributed by atoms with E-state index in [1.165, 1.54) is 12.8 Å². The summed E-state index contributed by atoms with van der Waals surface area (Å²) in [5.74, 6) is 0.956. The Morgan fingerprint density at radius 2 is 2.13 bits per heavy atom. The molecular weight excluding hydrogens is 336 g/mol. The van der Waals surface area contributed by atoms with Crippen molar-refractivity contribution in [1.82, 2.24) is 0 Å². The Morgan fingerprint density at radius 1 is 1.43 bits per heavy atom. The first-order valence-electron chi connectivity index (χ1n) is 8.07. The smallest absolute Gasteiger partial charge is 0.321 e. The second-order valence-electron chi connectivity index (χ2n) is 7.47. The van der Waals surface area contributed by atoms with Crippen molar-refractivity contribution in [2.24, 2.45) is 27.5 Å². The van der Waals surface area contributed by atoms with Crippen LogP contribution in [-0.4, -0.2) is 37.4 Å². The number of ether oxygens (including phenoxy) is 1.